The zero-order valence-electron chi connectivity index (χ0n) is 13.5. The van der Waals surface area contributed by atoms with Crippen molar-refractivity contribution in [3.8, 4) is 0 Å². The van der Waals surface area contributed by atoms with E-state index in [2.05, 4.69) is 24.8 Å². The van der Waals surface area contributed by atoms with Crippen LogP contribution in [0.5, 0.6) is 0 Å². The molecule has 0 radical (unpaired) electrons. The number of fused-ring (bicyclic) bond motifs is 1. The van der Waals surface area contributed by atoms with E-state index in [0.29, 0.717) is 12.2 Å². The standard InChI is InChI=1S/C17H19N5O2/c1-17(16(23)20-13-9-19-24-12-13)6-4-7-21(17)11-15-18-10-14-5-2-3-8-22(14)15/h2-3,5,8-10,12H,4,6-7,11H2,1H3,(H,20,23)/t17-/m1/s1. The number of nitrogens with zero attached hydrogens (tertiary/aromatic N) is 4. The topological polar surface area (TPSA) is 75.7 Å². The van der Waals surface area contributed by atoms with Gasteiger partial charge < -0.3 is 14.2 Å². The molecule has 1 atom stereocenters. The molecule has 3 aromatic heterocycles. The molecule has 4 heterocycles. The normalized spacial score (nSPS) is 21.4. The Morgan fingerprint density at radius 1 is 1.42 bits per heavy atom. The van der Waals surface area contributed by atoms with Crippen LogP contribution in [0.2, 0.25) is 0 Å². The Hall–Kier alpha value is -2.67. The van der Waals surface area contributed by atoms with Gasteiger partial charge in [0, 0.05) is 6.20 Å². The van der Waals surface area contributed by atoms with E-state index >= 15 is 0 Å². The summed E-state index contributed by atoms with van der Waals surface area (Å²) in [5.41, 5.74) is 1.07. The maximum atomic E-state index is 12.8. The third-order valence-electron chi connectivity index (χ3n) is 4.82. The molecule has 24 heavy (non-hydrogen) atoms. The Labute approximate surface area is 139 Å². The Kier molecular flexibility index (Phi) is 3.57. The molecule has 0 aromatic carbocycles. The number of hydrogen-bond donors (Lipinski definition) is 1. The number of anilines is 1. The predicted molar refractivity (Wildman–Crippen MR) is 88.4 cm³/mol. The second-order valence-corrected chi connectivity index (χ2v) is 6.34. The molecule has 1 saturated heterocycles. The molecule has 0 aliphatic carbocycles. The summed E-state index contributed by atoms with van der Waals surface area (Å²) in [6.07, 6.45) is 8.60. The van der Waals surface area contributed by atoms with Crippen molar-refractivity contribution >= 4 is 17.1 Å². The third kappa shape index (κ3) is 2.46. The van der Waals surface area contributed by atoms with E-state index in [1.807, 2.05) is 37.5 Å². The monoisotopic (exact) mass is 325 g/mol. The lowest BCUT2D eigenvalue weighted by Crippen LogP contribution is -2.50. The molecule has 1 aliphatic rings. The van der Waals surface area contributed by atoms with Crippen LogP contribution in [-0.2, 0) is 11.3 Å². The maximum absolute atomic E-state index is 12.8. The average molecular weight is 325 g/mol. The number of nitrogens with one attached hydrogen (secondary N) is 1. The Morgan fingerprint density at radius 3 is 3.17 bits per heavy atom. The van der Waals surface area contributed by atoms with Crippen LogP contribution in [0.1, 0.15) is 25.6 Å². The van der Waals surface area contributed by atoms with Crippen LogP contribution in [0.4, 0.5) is 5.69 Å². The third-order valence-corrected chi connectivity index (χ3v) is 4.82. The lowest BCUT2D eigenvalue weighted by molar-refractivity contribution is -0.125. The largest absolute Gasteiger partial charge is 0.363 e. The minimum Gasteiger partial charge on any atom is -0.363 e. The van der Waals surface area contributed by atoms with Gasteiger partial charge in [-0.3, -0.25) is 9.69 Å². The van der Waals surface area contributed by atoms with Gasteiger partial charge in [0.25, 0.3) is 0 Å². The first kappa shape index (κ1) is 14.9. The van der Waals surface area contributed by atoms with Crippen LogP contribution in [0.15, 0.2) is 47.6 Å². The minimum atomic E-state index is -0.572. The van der Waals surface area contributed by atoms with Gasteiger partial charge >= 0.3 is 0 Å². The molecule has 1 N–H and O–H groups in total. The highest BCUT2D eigenvalue weighted by Gasteiger charge is 2.43. The van der Waals surface area contributed by atoms with Gasteiger partial charge in [-0.15, -0.1) is 0 Å². The molecule has 1 aliphatic heterocycles. The van der Waals surface area contributed by atoms with Gasteiger partial charge in [0.2, 0.25) is 5.91 Å². The van der Waals surface area contributed by atoms with Crippen LogP contribution in [0.3, 0.4) is 0 Å². The number of amides is 1. The van der Waals surface area contributed by atoms with Gasteiger partial charge in [-0.05, 0) is 38.4 Å². The van der Waals surface area contributed by atoms with Gasteiger partial charge in [0.1, 0.15) is 17.8 Å². The SMILES string of the molecule is C[C@]1(C(=O)Nc2cnoc2)CCCN1Cc1ncc2ccccn12. The number of rotatable bonds is 4. The second-order valence-electron chi connectivity index (χ2n) is 6.34. The Bertz CT molecular complexity index is 857. The quantitative estimate of drug-likeness (QED) is 0.797. The van der Waals surface area contributed by atoms with E-state index in [1.165, 1.54) is 12.5 Å². The number of hydrogen-bond acceptors (Lipinski definition) is 5. The van der Waals surface area contributed by atoms with Gasteiger partial charge in [-0.25, -0.2) is 4.98 Å². The highest BCUT2D eigenvalue weighted by molar-refractivity contribution is 5.97. The first-order valence-corrected chi connectivity index (χ1v) is 8.04. The molecule has 1 amide bonds. The molecule has 7 heteroatoms. The van der Waals surface area contributed by atoms with E-state index < -0.39 is 5.54 Å². The fourth-order valence-corrected chi connectivity index (χ4v) is 3.35. The van der Waals surface area contributed by atoms with Crippen LogP contribution in [0, 0.1) is 0 Å². The van der Waals surface area contributed by atoms with E-state index in [1.54, 1.807) is 0 Å². The zero-order valence-corrected chi connectivity index (χ0v) is 13.5. The van der Waals surface area contributed by atoms with Crippen LogP contribution in [-0.4, -0.2) is 37.4 Å². The lowest BCUT2D eigenvalue weighted by atomic mass is 9.97. The predicted octanol–water partition coefficient (Wildman–Crippen LogP) is 2.32. The Morgan fingerprint density at radius 2 is 2.33 bits per heavy atom. The van der Waals surface area contributed by atoms with Gasteiger partial charge in [0.05, 0.1) is 30.0 Å². The lowest BCUT2D eigenvalue weighted by Gasteiger charge is -2.33. The number of carbonyl (C=O) groups excluding carboxylic acids is 1. The maximum Gasteiger partial charge on any atom is 0.244 e. The van der Waals surface area contributed by atoms with Gasteiger partial charge in [0.15, 0.2) is 0 Å². The highest BCUT2D eigenvalue weighted by Crippen LogP contribution is 2.31. The van der Waals surface area contributed by atoms with E-state index in [9.17, 15) is 4.79 Å². The molecule has 124 valence electrons. The second kappa shape index (κ2) is 5.76. The van der Waals surface area contributed by atoms with E-state index in [0.717, 1.165) is 30.7 Å². The van der Waals surface area contributed by atoms with E-state index in [-0.39, 0.29) is 5.91 Å². The molecule has 7 nitrogen and oxygen atoms in total. The summed E-state index contributed by atoms with van der Waals surface area (Å²) < 4.78 is 6.85. The van der Waals surface area contributed by atoms with Crippen molar-refractivity contribution in [2.75, 3.05) is 11.9 Å². The van der Waals surface area contributed by atoms with Crippen molar-refractivity contribution in [1.82, 2.24) is 19.4 Å². The van der Waals surface area contributed by atoms with Gasteiger partial charge in [-0.2, -0.15) is 0 Å². The Balaban J connectivity index is 1.56. The molecule has 0 unspecified atom stereocenters. The van der Waals surface area contributed by atoms with Crippen LogP contribution < -0.4 is 5.32 Å². The van der Waals surface area contributed by atoms with Gasteiger partial charge in [-0.1, -0.05) is 11.2 Å². The van der Waals surface area contributed by atoms with Crippen LogP contribution in [0.25, 0.3) is 5.52 Å². The summed E-state index contributed by atoms with van der Waals surface area (Å²) in [7, 11) is 0. The van der Waals surface area contributed by atoms with Crippen LogP contribution >= 0.6 is 0 Å². The number of likely N-dealkylation sites (tertiary alicyclic amines) is 1. The van der Waals surface area contributed by atoms with Crippen molar-refractivity contribution in [3.05, 3.63) is 48.9 Å². The summed E-state index contributed by atoms with van der Waals surface area (Å²) in [6, 6.07) is 6.01. The fraction of sp³-hybridized carbons (Fsp3) is 0.353. The van der Waals surface area contributed by atoms with Crippen molar-refractivity contribution in [2.24, 2.45) is 0 Å². The summed E-state index contributed by atoms with van der Waals surface area (Å²) in [5, 5.41) is 6.51. The number of pyridine rings is 1. The number of aromatic nitrogens is 3. The average Bonchev–Trinajstić information content (AvgIpc) is 3.31. The number of carbonyl (C=O) groups is 1. The smallest absolute Gasteiger partial charge is 0.244 e. The first-order chi connectivity index (χ1) is 11.7. The van der Waals surface area contributed by atoms with Crippen molar-refractivity contribution in [3.63, 3.8) is 0 Å². The highest BCUT2D eigenvalue weighted by atomic mass is 16.5. The minimum absolute atomic E-state index is 0.0379. The molecular formula is C17H19N5O2. The summed E-state index contributed by atoms with van der Waals surface area (Å²) in [6.45, 7) is 3.49. The first-order valence-electron chi connectivity index (χ1n) is 8.04. The summed E-state index contributed by atoms with van der Waals surface area (Å²) >= 11 is 0. The molecule has 0 bridgehead atoms. The molecular weight excluding hydrogens is 306 g/mol. The van der Waals surface area contributed by atoms with Crippen molar-refractivity contribution in [1.29, 1.82) is 0 Å². The fourth-order valence-electron chi connectivity index (χ4n) is 3.35. The molecule has 0 spiro atoms. The molecule has 0 saturated carbocycles. The molecule has 4 rings (SSSR count). The number of imidazole rings is 1. The van der Waals surface area contributed by atoms with Crippen molar-refractivity contribution < 1.29 is 9.32 Å². The van der Waals surface area contributed by atoms with E-state index in [4.69, 9.17) is 4.52 Å². The molecule has 1 fully saturated rings. The summed E-state index contributed by atoms with van der Waals surface area (Å²) in [4.78, 5) is 19.5. The zero-order chi connectivity index (χ0) is 16.6. The summed E-state index contributed by atoms with van der Waals surface area (Å²) in [5.74, 6) is 0.903. The molecule has 3 aromatic rings. The van der Waals surface area contributed by atoms with Crippen molar-refractivity contribution in [2.45, 2.75) is 31.8 Å².